The molecule has 2 rings (SSSR count). The number of aliphatic imine (C=N–C) groups is 1. The van der Waals surface area contributed by atoms with E-state index in [0.29, 0.717) is 13.0 Å². The first-order chi connectivity index (χ1) is 8.44. The van der Waals surface area contributed by atoms with Crippen LogP contribution in [0.15, 0.2) is 4.99 Å². The van der Waals surface area contributed by atoms with Crippen LogP contribution in [0.1, 0.15) is 32.6 Å². The first-order valence-corrected chi connectivity index (χ1v) is 6.27. The third-order valence-corrected chi connectivity index (χ3v) is 3.95. The van der Waals surface area contributed by atoms with Gasteiger partial charge in [-0.05, 0) is 12.8 Å². The van der Waals surface area contributed by atoms with Gasteiger partial charge in [0, 0.05) is 25.3 Å². The standard InChI is InChI=1S/C12H18N2O4/c1-8-3-5-14(11(8)16)10-2-4-12(17,18)6-9(10)13-7-15/h8-10,17-18H,2-6H2,1H3/t8-,9+,10-/m0/s1. The predicted octanol–water partition coefficient (Wildman–Crippen LogP) is -0.207. The Morgan fingerprint density at radius 2 is 2.17 bits per heavy atom. The molecule has 1 heterocycles. The molecule has 2 N–H and O–H groups in total. The van der Waals surface area contributed by atoms with Crippen molar-refractivity contribution in [2.45, 2.75) is 50.5 Å². The Kier molecular flexibility index (Phi) is 3.52. The molecule has 1 aliphatic carbocycles. The fourth-order valence-electron chi connectivity index (χ4n) is 2.89. The normalized spacial score (nSPS) is 35.4. The van der Waals surface area contributed by atoms with Crippen molar-refractivity contribution in [2.75, 3.05) is 6.54 Å². The molecule has 3 atom stereocenters. The van der Waals surface area contributed by atoms with Crippen LogP contribution in [0, 0.1) is 5.92 Å². The first kappa shape index (κ1) is 13.2. The summed E-state index contributed by atoms with van der Waals surface area (Å²) < 4.78 is 0. The van der Waals surface area contributed by atoms with E-state index in [9.17, 15) is 19.8 Å². The van der Waals surface area contributed by atoms with Crippen LogP contribution in [0.4, 0.5) is 0 Å². The van der Waals surface area contributed by atoms with Crippen molar-refractivity contribution >= 4 is 12.0 Å². The lowest BCUT2D eigenvalue weighted by atomic mass is 9.85. The second-order valence-electron chi connectivity index (χ2n) is 5.30. The maximum atomic E-state index is 12.0. The van der Waals surface area contributed by atoms with Crippen LogP contribution in [-0.4, -0.2) is 51.5 Å². The topological polar surface area (TPSA) is 90.2 Å². The Morgan fingerprint density at radius 1 is 1.44 bits per heavy atom. The highest BCUT2D eigenvalue weighted by atomic mass is 16.5. The fourth-order valence-corrected chi connectivity index (χ4v) is 2.89. The highest BCUT2D eigenvalue weighted by Crippen LogP contribution is 2.34. The zero-order valence-corrected chi connectivity index (χ0v) is 10.4. The predicted molar refractivity (Wildman–Crippen MR) is 62.2 cm³/mol. The molecule has 0 spiro atoms. The van der Waals surface area contributed by atoms with Gasteiger partial charge in [-0.3, -0.25) is 4.79 Å². The van der Waals surface area contributed by atoms with Gasteiger partial charge < -0.3 is 15.1 Å². The van der Waals surface area contributed by atoms with E-state index < -0.39 is 11.8 Å². The SMILES string of the molecule is C[C@H]1CCN([C@H]2CCC(O)(O)C[C@H]2N=C=O)C1=O. The van der Waals surface area contributed by atoms with Crippen LogP contribution in [0.5, 0.6) is 0 Å². The van der Waals surface area contributed by atoms with Gasteiger partial charge in [0.25, 0.3) is 0 Å². The maximum absolute atomic E-state index is 12.0. The summed E-state index contributed by atoms with van der Waals surface area (Å²) in [5.41, 5.74) is 0. The van der Waals surface area contributed by atoms with Crippen molar-refractivity contribution < 1.29 is 19.8 Å². The number of carbonyl (C=O) groups excluding carboxylic acids is 2. The molecule has 0 bridgehead atoms. The Balaban J connectivity index is 2.16. The summed E-state index contributed by atoms with van der Waals surface area (Å²) in [6.07, 6.45) is 2.89. The molecule has 0 radical (unpaired) electrons. The van der Waals surface area contributed by atoms with Crippen molar-refractivity contribution in [1.82, 2.24) is 4.90 Å². The largest absolute Gasteiger partial charge is 0.366 e. The third-order valence-electron chi connectivity index (χ3n) is 3.95. The summed E-state index contributed by atoms with van der Waals surface area (Å²) in [5.74, 6) is -1.73. The Bertz CT molecular complexity index is 390. The van der Waals surface area contributed by atoms with Crippen molar-refractivity contribution in [3.05, 3.63) is 0 Å². The summed E-state index contributed by atoms with van der Waals surface area (Å²) in [7, 11) is 0. The maximum Gasteiger partial charge on any atom is 0.235 e. The van der Waals surface area contributed by atoms with Gasteiger partial charge in [0.2, 0.25) is 12.0 Å². The molecule has 0 unspecified atom stereocenters. The molecular formula is C12H18N2O4. The molecule has 1 aliphatic heterocycles. The van der Waals surface area contributed by atoms with Crippen molar-refractivity contribution in [2.24, 2.45) is 10.9 Å². The van der Waals surface area contributed by atoms with Gasteiger partial charge in [0.05, 0.1) is 12.1 Å². The van der Waals surface area contributed by atoms with Gasteiger partial charge in [-0.25, -0.2) is 9.79 Å². The van der Waals surface area contributed by atoms with Crippen LogP contribution < -0.4 is 0 Å². The number of amides is 1. The monoisotopic (exact) mass is 254 g/mol. The zero-order chi connectivity index (χ0) is 13.3. The minimum absolute atomic E-state index is 0.000738. The molecule has 18 heavy (non-hydrogen) atoms. The van der Waals surface area contributed by atoms with Crippen LogP contribution in [0.25, 0.3) is 0 Å². The van der Waals surface area contributed by atoms with E-state index in [1.165, 1.54) is 6.08 Å². The van der Waals surface area contributed by atoms with Gasteiger partial charge in [0.1, 0.15) is 0 Å². The number of hydrogen-bond acceptors (Lipinski definition) is 5. The van der Waals surface area contributed by atoms with Gasteiger partial charge in [-0.15, -0.1) is 0 Å². The summed E-state index contributed by atoms with van der Waals surface area (Å²) in [6.45, 7) is 2.53. The molecule has 6 heteroatoms. The number of hydrogen-bond donors (Lipinski definition) is 2. The minimum atomic E-state index is -1.80. The molecule has 1 saturated carbocycles. The quantitative estimate of drug-likeness (QED) is 0.405. The van der Waals surface area contributed by atoms with E-state index in [1.807, 2.05) is 6.92 Å². The molecule has 1 amide bonds. The van der Waals surface area contributed by atoms with Crippen LogP contribution in [-0.2, 0) is 9.59 Å². The molecule has 6 nitrogen and oxygen atoms in total. The molecule has 1 saturated heterocycles. The van der Waals surface area contributed by atoms with Crippen molar-refractivity contribution in [3.63, 3.8) is 0 Å². The zero-order valence-electron chi connectivity index (χ0n) is 10.4. The van der Waals surface area contributed by atoms with E-state index in [1.54, 1.807) is 4.90 Å². The highest BCUT2D eigenvalue weighted by Gasteiger charge is 2.44. The second-order valence-corrected chi connectivity index (χ2v) is 5.30. The summed E-state index contributed by atoms with van der Waals surface area (Å²) in [4.78, 5) is 27.8. The fraction of sp³-hybridized carbons (Fsp3) is 0.833. The summed E-state index contributed by atoms with van der Waals surface area (Å²) in [6, 6.07) is -0.781. The Hall–Kier alpha value is -1.23. The molecule has 2 aliphatic rings. The molecule has 100 valence electrons. The lowest BCUT2D eigenvalue weighted by Crippen LogP contribution is -2.52. The first-order valence-electron chi connectivity index (χ1n) is 6.27. The number of nitrogens with zero attached hydrogens (tertiary/aromatic N) is 2. The van der Waals surface area contributed by atoms with Crippen molar-refractivity contribution in [1.29, 1.82) is 0 Å². The van der Waals surface area contributed by atoms with E-state index in [2.05, 4.69) is 4.99 Å². The van der Waals surface area contributed by atoms with Crippen molar-refractivity contribution in [3.8, 4) is 0 Å². The highest BCUT2D eigenvalue weighted by molar-refractivity contribution is 5.80. The second kappa shape index (κ2) is 4.80. The number of carbonyl (C=O) groups is 1. The number of likely N-dealkylation sites (tertiary alicyclic amines) is 1. The summed E-state index contributed by atoms with van der Waals surface area (Å²) in [5, 5.41) is 19.2. The molecule has 0 aromatic heterocycles. The van der Waals surface area contributed by atoms with E-state index in [4.69, 9.17) is 0 Å². The molecule has 0 aromatic carbocycles. The summed E-state index contributed by atoms with van der Waals surface area (Å²) >= 11 is 0. The lowest BCUT2D eigenvalue weighted by molar-refractivity contribution is -0.191. The van der Waals surface area contributed by atoms with Gasteiger partial charge in [0.15, 0.2) is 5.79 Å². The average Bonchev–Trinajstić information content (AvgIpc) is 2.60. The Morgan fingerprint density at radius 3 is 2.72 bits per heavy atom. The average molecular weight is 254 g/mol. The van der Waals surface area contributed by atoms with Crippen LogP contribution >= 0.6 is 0 Å². The lowest BCUT2D eigenvalue weighted by Gasteiger charge is -2.40. The van der Waals surface area contributed by atoms with E-state index >= 15 is 0 Å². The Labute approximate surface area is 105 Å². The van der Waals surface area contributed by atoms with E-state index in [0.717, 1.165) is 6.42 Å². The third kappa shape index (κ3) is 2.46. The van der Waals surface area contributed by atoms with Crippen LogP contribution in [0.3, 0.4) is 0 Å². The molecular weight excluding hydrogens is 236 g/mol. The minimum Gasteiger partial charge on any atom is -0.366 e. The van der Waals surface area contributed by atoms with Gasteiger partial charge >= 0.3 is 0 Å². The molecule has 0 aromatic rings. The number of aliphatic hydroxyl groups is 2. The van der Waals surface area contributed by atoms with E-state index in [-0.39, 0.29) is 30.7 Å². The number of rotatable bonds is 2. The number of isocyanates is 1. The smallest absolute Gasteiger partial charge is 0.235 e. The van der Waals surface area contributed by atoms with Crippen LogP contribution in [0.2, 0.25) is 0 Å². The van der Waals surface area contributed by atoms with Gasteiger partial charge in [-0.2, -0.15) is 0 Å². The van der Waals surface area contributed by atoms with Gasteiger partial charge in [-0.1, -0.05) is 6.92 Å². The molecule has 2 fully saturated rings.